The predicted octanol–water partition coefficient (Wildman–Crippen LogP) is 3.02. The van der Waals surface area contributed by atoms with Crippen LogP contribution in [-0.2, 0) is 11.2 Å². The Morgan fingerprint density at radius 3 is 2.87 bits per heavy atom. The number of carbonyl (C=O) groups is 1. The Morgan fingerprint density at radius 2 is 2.04 bits per heavy atom. The number of fused-ring (bicyclic) bond motifs is 1. The minimum atomic E-state index is 0. The Hall–Kier alpha value is -1.23. The molecule has 1 amide bonds. The summed E-state index contributed by atoms with van der Waals surface area (Å²) in [6.07, 6.45) is 1.46. The average Bonchev–Trinajstić information content (AvgIpc) is 2.56. The summed E-state index contributed by atoms with van der Waals surface area (Å²) in [5.41, 5.74) is 1.30. The van der Waals surface area contributed by atoms with Crippen molar-refractivity contribution in [3.63, 3.8) is 0 Å². The normalized spacial score (nSPS) is 17.5. The van der Waals surface area contributed by atoms with Crippen molar-refractivity contribution in [1.29, 1.82) is 0 Å². The minimum Gasteiger partial charge on any atom is -0.356 e. The molecule has 2 aromatic carbocycles. The van der Waals surface area contributed by atoms with Gasteiger partial charge in [0.2, 0.25) is 5.91 Å². The van der Waals surface area contributed by atoms with E-state index in [1.54, 1.807) is 0 Å². The van der Waals surface area contributed by atoms with E-state index < -0.39 is 0 Å². The second-order valence-electron chi connectivity index (χ2n) is 5.67. The Kier molecular flexibility index (Phi) is 7.21. The van der Waals surface area contributed by atoms with Gasteiger partial charge < -0.3 is 10.6 Å². The van der Waals surface area contributed by atoms with Crippen molar-refractivity contribution in [1.82, 2.24) is 10.6 Å². The lowest BCUT2D eigenvalue weighted by Crippen LogP contribution is -2.41. The lowest BCUT2D eigenvalue weighted by molar-refractivity contribution is -0.121. The molecule has 1 saturated heterocycles. The van der Waals surface area contributed by atoms with E-state index in [1.165, 1.54) is 16.3 Å². The summed E-state index contributed by atoms with van der Waals surface area (Å²) in [4.78, 5) is 12.0. The van der Waals surface area contributed by atoms with E-state index >= 15 is 0 Å². The lowest BCUT2D eigenvalue weighted by atomic mass is 10.0. The van der Waals surface area contributed by atoms with E-state index in [-0.39, 0.29) is 18.3 Å². The Morgan fingerprint density at radius 1 is 1.22 bits per heavy atom. The van der Waals surface area contributed by atoms with Crippen LogP contribution < -0.4 is 10.6 Å². The van der Waals surface area contributed by atoms with Crippen molar-refractivity contribution in [2.45, 2.75) is 18.9 Å². The van der Waals surface area contributed by atoms with Crippen LogP contribution in [0.3, 0.4) is 0 Å². The topological polar surface area (TPSA) is 41.1 Å². The highest BCUT2D eigenvalue weighted by Crippen LogP contribution is 2.18. The Balaban J connectivity index is 0.00000192. The number of benzene rings is 2. The van der Waals surface area contributed by atoms with Crippen molar-refractivity contribution >= 4 is 40.8 Å². The van der Waals surface area contributed by atoms with Crippen LogP contribution in [-0.4, -0.2) is 36.5 Å². The summed E-state index contributed by atoms with van der Waals surface area (Å²) in [5, 5.41) is 9.00. The zero-order chi connectivity index (χ0) is 15.2. The fourth-order valence-corrected chi connectivity index (χ4v) is 3.84. The van der Waals surface area contributed by atoms with Crippen LogP contribution in [0, 0.1) is 0 Å². The van der Waals surface area contributed by atoms with Crippen molar-refractivity contribution in [2.24, 2.45) is 0 Å². The van der Waals surface area contributed by atoms with Crippen LogP contribution in [0.2, 0.25) is 0 Å². The average molecular weight is 351 g/mol. The van der Waals surface area contributed by atoms with Crippen LogP contribution in [0.15, 0.2) is 42.5 Å². The smallest absolute Gasteiger partial charge is 0.221 e. The number of hydrogen-bond donors (Lipinski definition) is 2. The molecule has 0 aliphatic carbocycles. The van der Waals surface area contributed by atoms with Gasteiger partial charge in [0.25, 0.3) is 0 Å². The molecule has 0 saturated carbocycles. The summed E-state index contributed by atoms with van der Waals surface area (Å²) in [6.45, 7) is 1.71. The van der Waals surface area contributed by atoms with Crippen LogP contribution in [0.5, 0.6) is 0 Å². The SMILES string of the molecule is Cl.O=C(CC1CSCCN1)NCCc1cccc2ccccc12. The quantitative estimate of drug-likeness (QED) is 0.871. The molecule has 124 valence electrons. The number of nitrogens with one attached hydrogen (secondary N) is 2. The first kappa shape index (κ1) is 18.1. The van der Waals surface area contributed by atoms with Gasteiger partial charge >= 0.3 is 0 Å². The van der Waals surface area contributed by atoms with Crippen LogP contribution >= 0.6 is 24.2 Å². The number of thioether (sulfide) groups is 1. The number of hydrogen-bond acceptors (Lipinski definition) is 3. The van der Waals surface area contributed by atoms with Crippen molar-refractivity contribution < 1.29 is 4.79 Å². The molecule has 23 heavy (non-hydrogen) atoms. The molecular formula is C18H23ClN2OS. The fourth-order valence-electron chi connectivity index (χ4n) is 2.89. The van der Waals surface area contributed by atoms with E-state index in [4.69, 9.17) is 0 Å². The van der Waals surface area contributed by atoms with Gasteiger partial charge in [-0.2, -0.15) is 11.8 Å². The summed E-state index contributed by atoms with van der Waals surface area (Å²) in [5.74, 6) is 2.34. The molecule has 1 fully saturated rings. The molecule has 3 nitrogen and oxygen atoms in total. The number of amides is 1. The maximum atomic E-state index is 12.0. The zero-order valence-electron chi connectivity index (χ0n) is 13.1. The first-order chi connectivity index (χ1) is 10.8. The molecular weight excluding hydrogens is 328 g/mol. The van der Waals surface area contributed by atoms with E-state index in [0.717, 1.165) is 24.5 Å². The fraction of sp³-hybridized carbons (Fsp3) is 0.389. The minimum absolute atomic E-state index is 0. The van der Waals surface area contributed by atoms with Crippen LogP contribution in [0.1, 0.15) is 12.0 Å². The van der Waals surface area contributed by atoms with Gasteiger partial charge in [0.1, 0.15) is 0 Å². The van der Waals surface area contributed by atoms with E-state index in [0.29, 0.717) is 19.0 Å². The molecule has 0 bridgehead atoms. The van der Waals surface area contributed by atoms with E-state index in [9.17, 15) is 4.79 Å². The Bertz CT molecular complexity index is 638. The van der Waals surface area contributed by atoms with Crippen molar-refractivity contribution in [3.05, 3.63) is 48.0 Å². The third kappa shape index (κ3) is 5.13. The third-order valence-electron chi connectivity index (χ3n) is 4.03. The summed E-state index contributed by atoms with van der Waals surface area (Å²) in [7, 11) is 0. The van der Waals surface area contributed by atoms with E-state index in [2.05, 4.69) is 53.1 Å². The molecule has 1 atom stereocenters. The molecule has 0 spiro atoms. The largest absolute Gasteiger partial charge is 0.356 e. The van der Waals surface area contributed by atoms with Gasteiger partial charge in [-0.1, -0.05) is 42.5 Å². The van der Waals surface area contributed by atoms with Crippen molar-refractivity contribution in [3.8, 4) is 0 Å². The van der Waals surface area contributed by atoms with Crippen LogP contribution in [0.25, 0.3) is 10.8 Å². The van der Waals surface area contributed by atoms with Gasteiger partial charge in [-0.15, -0.1) is 12.4 Å². The van der Waals surface area contributed by atoms with Crippen LogP contribution in [0.4, 0.5) is 0 Å². The number of carbonyl (C=O) groups excluding carboxylic acids is 1. The highest BCUT2D eigenvalue weighted by molar-refractivity contribution is 7.99. The molecule has 5 heteroatoms. The second kappa shape index (κ2) is 9.16. The Labute approximate surface area is 148 Å². The molecule has 1 aliphatic rings. The second-order valence-corrected chi connectivity index (χ2v) is 6.82. The molecule has 1 unspecified atom stereocenters. The molecule has 1 heterocycles. The molecule has 0 aromatic heterocycles. The highest BCUT2D eigenvalue weighted by Gasteiger charge is 2.16. The van der Waals surface area contributed by atoms with Gasteiger partial charge in [-0.05, 0) is 22.8 Å². The summed E-state index contributed by atoms with van der Waals surface area (Å²) in [6, 6.07) is 15.1. The predicted molar refractivity (Wildman–Crippen MR) is 102 cm³/mol. The van der Waals surface area contributed by atoms with Gasteiger partial charge in [-0.3, -0.25) is 4.79 Å². The van der Waals surface area contributed by atoms with Gasteiger partial charge in [0, 0.05) is 37.1 Å². The highest BCUT2D eigenvalue weighted by atomic mass is 35.5. The molecule has 1 aliphatic heterocycles. The summed E-state index contributed by atoms with van der Waals surface area (Å²) >= 11 is 1.92. The first-order valence-electron chi connectivity index (χ1n) is 7.87. The third-order valence-corrected chi connectivity index (χ3v) is 5.16. The standard InChI is InChI=1S/C18H22N2OS.ClH/c21-18(12-16-13-22-11-10-19-16)20-9-8-15-6-3-5-14-4-1-2-7-17(14)15;/h1-7,16,19H,8-13H2,(H,20,21);1H. The summed E-state index contributed by atoms with van der Waals surface area (Å²) < 4.78 is 0. The lowest BCUT2D eigenvalue weighted by Gasteiger charge is -2.22. The zero-order valence-corrected chi connectivity index (χ0v) is 14.7. The van der Waals surface area contributed by atoms with Crippen molar-refractivity contribution in [2.75, 3.05) is 24.6 Å². The molecule has 2 N–H and O–H groups in total. The van der Waals surface area contributed by atoms with Gasteiger partial charge in [0.15, 0.2) is 0 Å². The monoisotopic (exact) mass is 350 g/mol. The number of halogens is 1. The van der Waals surface area contributed by atoms with Gasteiger partial charge in [0.05, 0.1) is 0 Å². The maximum absolute atomic E-state index is 12.0. The molecule has 0 radical (unpaired) electrons. The maximum Gasteiger partial charge on any atom is 0.221 e. The molecule has 2 aromatic rings. The number of rotatable bonds is 5. The van der Waals surface area contributed by atoms with Gasteiger partial charge in [-0.25, -0.2) is 0 Å². The first-order valence-corrected chi connectivity index (χ1v) is 9.03. The molecule has 3 rings (SSSR count). The van der Waals surface area contributed by atoms with E-state index in [1.807, 2.05) is 11.8 Å².